The first kappa shape index (κ1) is 21.9. The molecule has 2 aromatic rings. The first-order chi connectivity index (χ1) is 15.6. The molecule has 0 radical (unpaired) electrons. The number of nitrogens with one attached hydrogen (secondary N) is 1. The van der Waals surface area contributed by atoms with Crippen molar-refractivity contribution < 1.29 is 14.3 Å². The third-order valence-corrected chi connectivity index (χ3v) is 5.85. The molecule has 2 aliphatic rings. The summed E-state index contributed by atoms with van der Waals surface area (Å²) < 4.78 is 5.28. The van der Waals surface area contributed by atoms with E-state index in [9.17, 15) is 9.59 Å². The number of piperazine rings is 1. The summed E-state index contributed by atoms with van der Waals surface area (Å²) in [6, 6.07) is 11.7. The van der Waals surface area contributed by atoms with Gasteiger partial charge in [0.25, 0.3) is 0 Å². The number of carbonyl (C=O) groups excluding carboxylic acids is 2. The van der Waals surface area contributed by atoms with Gasteiger partial charge in [-0.1, -0.05) is 12.1 Å². The Bertz CT molecular complexity index is 939. The zero-order chi connectivity index (χ0) is 22.5. The Labute approximate surface area is 188 Å². The van der Waals surface area contributed by atoms with Gasteiger partial charge in [-0.2, -0.15) is 0 Å². The number of rotatable bonds is 7. The smallest absolute Gasteiger partial charge is 0.318 e. The second kappa shape index (κ2) is 9.84. The van der Waals surface area contributed by atoms with Crippen molar-refractivity contribution in [3.05, 3.63) is 36.4 Å². The lowest BCUT2D eigenvalue weighted by Gasteiger charge is -2.36. The van der Waals surface area contributed by atoms with E-state index in [1.54, 1.807) is 12.0 Å². The van der Waals surface area contributed by atoms with E-state index in [4.69, 9.17) is 4.74 Å². The second-order valence-corrected chi connectivity index (χ2v) is 8.07. The summed E-state index contributed by atoms with van der Waals surface area (Å²) in [5, 5.41) is 11.6. The van der Waals surface area contributed by atoms with Crippen molar-refractivity contribution in [1.82, 2.24) is 25.3 Å². The summed E-state index contributed by atoms with van der Waals surface area (Å²) in [4.78, 5) is 30.7. The topological polar surface area (TPSA) is 90.9 Å². The van der Waals surface area contributed by atoms with Gasteiger partial charge in [0, 0.05) is 44.3 Å². The molecule has 3 amide bonds. The molecule has 0 unspecified atom stereocenters. The van der Waals surface area contributed by atoms with E-state index < -0.39 is 0 Å². The maximum absolute atomic E-state index is 12.8. The van der Waals surface area contributed by atoms with E-state index in [1.165, 1.54) is 0 Å². The Morgan fingerprint density at radius 2 is 1.91 bits per heavy atom. The minimum Gasteiger partial charge on any atom is -0.497 e. The van der Waals surface area contributed by atoms with Crippen molar-refractivity contribution in [1.29, 1.82) is 0 Å². The lowest BCUT2D eigenvalue weighted by atomic mass is 10.1. The minimum atomic E-state index is -0.145. The van der Waals surface area contributed by atoms with Crippen molar-refractivity contribution in [2.75, 3.05) is 51.3 Å². The first-order valence-electron chi connectivity index (χ1n) is 11.1. The molecular weight excluding hydrogens is 408 g/mol. The molecule has 1 N–H and O–H groups in total. The van der Waals surface area contributed by atoms with Crippen LogP contribution in [0.15, 0.2) is 36.4 Å². The Morgan fingerprint density at radius 3 is 2.53 bits per heavy atom. The van der Waals surface area contributed by atoms with Gasteiger partial charge in [0.15, 0.2) is 5.82 Å². The summed E-state index contributed by atoms with van der Waals surface area (Å²) in [6.45, 7) is 5.17. The molecule has 2 fully saturated rings. The first-order valence-corrected chi connectivity index (χ1v) is 11.1. The molecule has 9 heteroatoms. The van der Waals surface area contributed by atoms with E-state index in [1.807, 2.05) is 48.2 Å². The Balaban J connectivity index is 1.32. The van der Waals surface area contributed by atoms with Gasteiger partial charge in [-0.25, -0.2) is 4.79 Å². The van der Waals surface area contributed by atoms with Crippen LogP contribution in [0.2, 0.25) is 0 Å². The number of nitrogens with zero attached hydrogens (tertiary/aromatic N) is 5. The maximum atomic E-state index is 12.8. The van der Waals surface area contributed by atoms with Crippen LogP contribution >= 0.6 is 0 Å². The SMILES string of the molecule is CCNC(=O)N(CC(=O)N1CCN(c2ccc(-c3cccc(OC)c3)nn2)CC1)C1CC1. The van der Waals surface area contributed by atoms with Gasteiger partial charge in [0.2, 0.25) is 5.91 Å². The molecule has 1 saturated carbocycles. The minimum absolute atomic E-state index is 0.00209. The summed E-state index contributed by atoms with van der Waals surface area (Å²) in [5.41, 5.74) is 1.73. The molecule has 9 nitrogen and oxygen atoms in total. The predicted molar refractivity (Wildman–Crippen MR) is 122 cm³/mol. The Kier molecular flexibility index (Phi) is 6.72. The second-order valence-electron chi connectivity index (χ2n) is 8.07. The molecule has 1 saturated heterocycles. The zero-order valence-corrected chi connectivity index (χ0v) is 18.7. The average Bonchev–Trinajstić information content (AvgIpc) is 3.68. The number of hydrogen-bond donors (Lipinski definition) is 1. The molecule has 32 heavy (non-hydrogen) atoms. The Morgan fingerprint density at radius 1 is 1.12 bits per heavy atom. The number of carbonyl (C=O) groups is 2. The van der Waals surface area contributed by atoms with Gasteiger partial charge in [-0.05, 0) is 44.0 Å². The van der Waals surface area contributed by atoms with Crippen molar-refractivity contribution in [3.63, 3.8) is 0 Å². The van der Waals surface area contributed by atoms with Crippen LogP contribution in [0.5, 0.6) is 5.75 Å². The highest BCUT2D eigenvalue weighted by Gasteiger charge is 2.35. The fourth-order valence-electron chi connectivity index (χ4n) is 3.87. The van der Waals surface area contributed by atoms with Gasteiger partial charge < -0.3 is 24.8 Å². The van der Waals surface area contributed by atoms with E-state index in [0.717, 1.165) is 35.7 Å². The van der Waals surface area contributed by atoms with Crippen LogP contribution in [0, 0.1) is 0 Å². The number of hydrogen-bond acceptors (Lipinski definition) is 6. The van der Waals surface area contributed by atoms with E-state index >= 15 is 0 Å². The molecule has 1 aromatic heterocycles. The lowest BCUT2D eigenvalue weighted by molar-refractivity contribution is -0.132. The normalized spacial score (nSPS) is 15.9. The van der Waals surface area contributed by atoms with Crippen molar-refractivity contribution in [2.24, 2.45) is 0 Å². The predicted octanol–water partition coefficient (Wildman–Crippen LogP) is 1.99. The monoisotopic (exact) mass is 438 g/mol. The average molecular weight is 439 g/mol. The van der Waals surface area contributed by atoms with Crippen molar-refractivity contribution in [2.45, 2.75) is 25.8 Å². The van der Waals surface area contributed by atoms with Gasteiger partial charge in [-0.15, -0.1) is 10.2 Å². The van der Waals surface area contributed by atoms with Crippen LogP contribution < -0.4 is 15.0 Å². The number of aromatic nitrogens is 2. The van der Waals surface area contributed by atoms with E-state index in [-0.39, 0.29) is 24.5 Å². The number of methoxy groups -OCH3 is 1. The van der Waals surface area contributed by atoms with Crippen molar-refractivity contribution >= 4 is 17.8 Å². The summed E-state index contributed by atoms with van der Waals surface area (Å²) >= 11 is 0. The Hall–Kier alpha value is -3.36. The summed E-state index contributed by atoms with van der Waals surface area (Å²) in [6.07, 6.45) is 1.95. The van der Waals surface area contributed by atoms with Gasteiger partial charge in [0.1, 0.15) is 12.3 Å². The molecule has 0 spiro atoms. The van der Waals surface area contributed by atoms with Gasteiger partial charge >= 0.3 is 6.03 Å². The van der Waals surface area contributed by atoms with Gasteiger partial charge in [-0.3, -0.25) is 4.79 Å². The third-order valence-electron chi connectivity index (χ3n) is 5.85. The van der Waals surface area contributed by atoms with Crippen LogP contribution in [0.4, 0.5) is 10.6 Å². The lowest BCUT2D eigenvalue weighted by Crippen LogP contribution is -2.53. The molecule has 1 aromatic carbocycles. The molecule has 170 valence electrons. The number of ether oxygens (including phenoxy) is 1. The maximum Gasteiger partial charge on any atom is 0.318 e. The fourth-order valence-corrected chi connectivity index (χ4v) is 3.87. The quantitative estimate of drug-likeness (QED) is 0.711. The number of amides is 3. The summed E-state index contributed by atoms with van der Waals surface area (Å²) in [7, 11) is 1.64. The van der Waals surface area contributed by atoms with Crippen LogP contribution in [0.3, 0.4) is 0 Å². The van der Waals surface area contributed by atoms with Crippen LogP contribution in [-0.2, 0) is 4.79 Å². The van der Waals surface area contributed by atoms with Gasteiger partial charge in [0.05, 0.1) is 12.8 Å². The molecule has 1 aliphatic carbocycles. The molecule has 4 rings (SSSR count). The van der Waals surface area contributed by atoms with Crippen LogP contribution in [-0.4, -0.2) is 84.4 Å². The summed E-state index contributed by atoms with van der Waals surface area (Å²) in [5.74, 6) is 1.58. The zero-order valence-electron chi connectivity index (χ0n) is 18.7. The number of anilines is 1. The highest BCUT2D eigenvalue weighted by atomic mass is 16.5. The standard InChI is InChI=1S/C23H30N6O3/c1-3-24-23(31)29(18-7-8-18)16-22(30)28-13-11-27(12-14-28)21-10-9-20(25-26-21)17-5-4-6-19(15-17)32-2/h4-6,9-10,15,18H,3,7-8,11-14,16H2,1-2H3,(H,24,31). The molecule has 1 aliphatic heterocycles. The highest BCUT2D eigenvalue weighted by Crippen LogP contribution is 2.27. The van der Waals surface area contributed by atoms with Crippen molar-refractivity contribution in [3.8, 4) is 17.0 Å². The fraction of sp³-hybridized carbons (Fsp3) is 0.478. The molecule has 0 atom stereocenters. The van der Waals surface area contributed by atoms with E-state index in [0.29, 0.717) is 32.7 Å². The van der Waals surface area contributed by atoms with Crippen LogP contribution in [0.1, 0.15) is 19.8 Å². The van der Waals surface area contributed by atoms with E-state index in [2.05, 4.69) is 20.4 Å². The molecule has 0 bridgehead atoms. The largest absolute Gasteiger partial charge is 0.497 e. The third kappa shape index (κ3) is 5.09. The number of urea groups is 1. The van der Waals surface area contributed by atoms with Crippen LogP contribution in [0.25, 0.3) is 11.3 Å². The number of benzene rings is 1. The molecule has 2 heterocycles. The highest BCUT2D eigenvalue weighted by molar-refractivity contribution is 5.84. The molecular formula is C23H30N6O3.